The predicted octanol–water partition coefficient (Wildman–Crippen LogP) is 1.89. The van der Waals surface area contributed by atoms with Crippen molar-refractivity contribution in [2.75, 3.05) is 18.5 Å². The van der Waals surface area contributed by atoms with Gasteiger partial charge in [0.1, 0.15) is 5.56 Å². The largest absolute Gasteiger partial charge is 0.462 e. The fourth-order valence-corrected chi connectivity index (χ4v) is 2.17. The Kier molecular flexibility index (Phi) is 5.70. The van der Waals surface area contributed by atoms with E-state index in [2.05, 4.69) is 10.4 Å². The third-order valence-corrected chi connectivity index (χ3v) is 3.66. The lowest BCUT2D eigenvalue weighted by Gasteiger charge is -2.12. The molecule has 1 unspecified atom stereocenters. The summed E-state index contributed by atoms with van der Waals surface area (Å²) in [5, 5.41) is 7.06. The summed E-state index contributed by atoms with van der Waals surface area (Å²) in [6, 6.07) is 7.23. The standard InChI is InChI=1S/C17H22N4O3/c1-4-24-17(23)15-10-19-21(12(15)3)14-7-5-6-13(8-14)20-16(22)11(2)9-18/h5-8,10-11H,4,9,18H2,1-3H3,(H,20,22). The summed E-state index contributed by atoms with van der Waals surface area (Å²) in [7, 11) is 0. The first-order valence-corrected chi connectivity index (χ1v) is 7.81. The molecule has 0 spiro atoms. The minimum Gasteiger partial charge on any atom is -0.462 e. The second-order valence-electron chi connectivity index (χ2n) is 5.45. The lowest BCUT2D eigenvalue weighted by molar-refractivity contribution is -0.119. The van der Waals surface area contributed by atoms with E-state index in [-0.39, 0.29) is 18.4 Å². The number of rotatable bonds is 6. The summed E-state index contributed by atoms with van der Waals surface area (Å²) < 4.78 is 6.65. The minimum atomic E-state index is -0.400. The first-order chi connectivity index (χ1) is 11.5. The van der Waals surface area contributed by atoms with Crippen LogP contribution in [-0.2, 0) is 9.53 Å². The lowest BCUT2D eigenvalue weighted by Crippen LogP contribution is -2.26. The Hall–Kier alpha value is -2.67. The molecule has 1 aromatic carbocycles. The number of nitrogens with one attached hydrogen (secondary N) is 1. The van der Waals surface area contributed by atoms with Crippen LogP contribution >= 0.6 is 0 Å². The molecule has 7 nitrogen and oxygen atoms in total. The van der Waals surface area contributed by atoms with Gasteiger partial charge in [0.15, 0.2) is 0 Å². The number of anilines is 1. The number of benzene rings is 1. The van der Waals surface area contributed by atoms with Crippen LogP contribution in [0.3, 0.4) is 0 Å². The molecule has 1 heterocycles. The van der Waals surface area contributed by atoms with Gasteiger partial charge in [0.05, 0.1) is 24.2 Å². The van der Waals surface area contributed by atoms with Gasteiger partial charge in [-0.25, -0.2) is 9.48 Å². The second kappa shape index (κ2) is 7.74. The van der Waals surface area contributed by atoms with Gasteiger partial charge in [0.2, 0.25) is 5.91 Å². The Morgan fingerprint density at radius 2 is 2.17 bits per heavy atom. The first kappa shape index (κ1) is 17.7. The Bertz CT molecular complexity index is 739. The highest BCUT2D eigenvalue weighted by atomic mass is 16.5. The highest BCUT2D eigenvalue weighted by Crippen LogP contribution is 2.19. The van der Waals surface area contributed by atoms with Crippen molar-refractivity contribution in [2.24, 2.45) is 11.7 Å². The van der Waals surface area contributed by atoms with E-state index in [1.165, 1.54) is 6.20 Å². The molecule has 1 aromatic heterocycles. The molecule has 2 rings (SSSR count). The average Bonchev–Trinajstić information content (AvgIpc) is 2.96. The highest BCUT2D eigenvalue weighted by Gasteiger charge is 2.16. The molecule has 128 valence electrons. The molecule has 0 saturated heterocycles. The van der Waals surface area contributed by atoms with Crippen molar-refractivity contribution in [1.82, 2.24) is 9.78 Å². The van der Waals surface area contributed by atoms with E-state index in [1.807, 2.05) is 12.1 Å². The molecule has 24 heavy (non-hydrogen) atoms. The van der Waals surface area contributed by atoms with Crippen LogP contribution in [-0.4, -0.2) is 34.8 Å². The summed E-state index contributed by atoms with van der Waals surface area (Å²) in [5.41, 5.74) is 7.98. The molecule has 3 N–H and O–H groups in total. The third-order valence-electron chi connectivity index (χ3n) is 3.66. The Balaban J connectivity index is 2.26. The first-order valence-electron chi connectivity index (χ1n) is 7.81. The van der Waals surface area contributed by atoms with Crippen LogP contribution in [0.4, 0.5) is 5.69 Å². The van der Waals surface area contributed by atoms with Crippen molar-refractivity contribution in [3.05, 3.63) is 41.7 Å². The molecule has 0 bridgehead atoms. The van der Waals surface area contributed by atoms with E-state index in [9.17, 15) is 9.59 Å². The molecular formula is C17H22N4O3. The SMILES string of the molecule is CCOC(=O)c1cnn(-c2cccc(NC(=O)C(C)CN)c2)c1C. The summed E-state index contributed by atoms with van der Waals surface area (Å²) in [6.07, 6.45) is 1.48. The number of hydrogen-bond acceptors (Lipinski definition) is 5. The molecule has 7 heteroatoms. The summed E-state index contributed by atoms with van der Waals surface area (Å²) in [4.78, 5) is 23.8. The second-order valence-corrected chi connectivity index (χ2v) is 5.45. The number of nitrogens with two attached hydrogens (primary N) is 1. The number of carbonyl (C=O) groups excluding carboxylic acids is 2. The van der Waals surface area contributed by atoms with E-state index >= 15 is 0 Å². The zero-order chi connectivity index (χ0) is 17.7. The van der Waals surface area contributed by atoms with Crippen molar-refractivity contribution >= 4 is 17.6 Å². The fraction of sp³-hybridized carbons (Fsp3) is 0.353. The molecule has 0 aliphatic carbocycles. The van der Waals surface area contributed by atoms with Gasteiger partial charge in [-0.1, -0.05) is 13.0 Å². The summed E-state index contributed by atoms with van der Waals surface area (Å²) in [5.74, 6) is -0.808. The van der Waals surface area contributed by atoms with E-state index in [0.717, 1.165) is 5.69 Å². The lowest BCUT2D eigenvalue weighted by atomic mass is 10.1. The quantitative estimate of drug-likeness (QED) is 0.788. The van der Waals surface area contributed by atoms with Crippen molar-refractivity contribution in [1.29, 1.82) is 0 Å². The maximum atomic E-state index is 11.9. The molecule has 0 aliphatic rings. The van der Waals surface area contributed by atoms with Gasteiger partial charge in [-0.05, 0) is 32.0 Å². The van der Waals surface area contributed by atoms with Crippen LogP contribution in [0.2, 0.25) is 0 Å². The van der Waals surface area contributed by atoms with Crippen LogP contribution in [0.15, 0.2) is 30.5 Å². The van der Waals surface area contributed by atoms with Crippen LogP contribution in [0.25, 0.3) is 5.69 Å². The highest BCUT2D eigenvalue weighted by molar-refractivity contribution is 5.93. The van der Waals surface area contributed by atoms with Gasteiger partial charge in [-0.3, -0.25) is 4.79 Å². The zero-order valence-electron chi connectivity index (χ0n) is 14.1. The smallest absolute Gasteiger partial charge is 0.341 e. The Morgan fingerprint density at radius 3 is 2.83 bits per heavy atom. The Labute approximate surface area is 140 Å². The van der Waals surface area contributed by atoms with Crippen LogP contribution < -0.4 is 11.1 Å². The third kappa shape index (κ3) is 3.80. The molecule has 2 aromatic rings. The zero-order valence-corrected chi connectivity index (χ0v) is 14.1. The number of amides is 1. The maximum Gasteiger partial charge on any atom is 0.341 e. The van der Waals surface area contributed by atoms with Gasteiger partial charge in [0.25, 0.3) is 0 Å². The monoisotopic (exact) mass is 330 g/mol. The van der Waals surface area contributed by atoms with Gasteiger partial charge in [-0.15, -0.1) is 0 Å². The number of hydrogen-bond donors (Lipinski definition) is 2. The molecular weight excluding hydrogens is 308 g/mol. The van der Waals surface area contributed by atoms with Crippen molar-refractivity contribution < 1.29 is 14.3 Å². The van der Waals surface area contributed by atoms with E-state index in [0.29, 0.717) is 23.6 Å². The van der Waals surface area contributed by atoms with Gasteiger partial charge in [0, 0.05) is 18.2 Å². The van der Waals surface area contributed by atoms with Crippen LogP contribution in [0.1, 0.15) is 29.9 Å². The summed E-state index contributed by atoms with van der Waals surface area (Å²) in [6.45, 7) is 5.91. The van der Waals surface area contributed by atoms with E-state index in [1.54, 1.807) is 37.6 Å². The number of esters is 1. The van der Waals surface area contributed by atoms with Crippen molar-refractivity contribution in [3.63, 3.8) is 0 Å². The predicted molar refractivity (Wildman–Crippen MR) is 91.1 cm³/mol. The van der Waals surface area contributed by atoms with E-state index < -0.39 is 5.97 Å². The minimum absolute atomic E-state index is 0.140. The fourth-order valence-electron chi connectivity index (χ4n) is 2.17. The maximum absolute atomic E-state index is 11.9. The van der Waals surface area contributed by atoms with Crippen LogP contribution in [0.5, 0.6) is 0 Å². The van der Waals surface area contributed by atoms with Gasteiger partial charge >= 0.3 is 5.97 Å². The van der Waals surface area contributed by atoms with Gasteiger partial charge in [-0.2, -0.15) is 5.10 Å². The molecule has 0 radical (unpaired) electrons. The van der Waals surface area contributed by atoms with E-state index in [4.69, 9.17) is 10.5 Å². The molecule has 1 atom stereocenters. The number of aromatic nitrogens is 2. The molecule has 1 amide bonds. The number of ether oxygens (including phenoxy) is 1. The molecule has 0 saturated carbocycles. The Morgan fingerprint density at radius 1 is 1.42 bits per heavy atom. The molecule has 0 aliphatic heterocycles. The van der Waals surface area contributed by atoms with Crippen molar-refractivity contribution in [2.45, 2.75) is 20.8 Å². The number of carbonyl (C=O) groups is 2. The van der Waals surface area contributed by atoms with Crippen molar-refractivity contribution in [3.8, 4) is 5.69 Å². The topological polar surface area (TPSA) is 99.2 Å². The average molecular weight is 330 g/mol. The van der Waals surface area contributed by atoms with Crippen LogP contribution in [0, 0.1) is 12.8 Å². The number of nitrogens with zero attached hydrogens (tertiary/aromatic N) is 2. The summed E-state index contributed by atoms with van der Waals surface area (Å²) >= 11 is 0. The van der Waals surface area contributed by atoms with Gasteiger partial charge < -0.3 is 15.8 Å². The normalized spacial score (nSPS) is 11.8. The molecule has 0 fully saturated rings.